The van der Waals surface area contributed by atoms with E-state index in [1.807, 2.05) is 29.4 Å². The second-order valence-electron chi connectivity index (χ2n) is 9.25. The SMILES string of the molecule is CN(CC1(N(C=O)Cc2cccc(OCC3CC3)c2)CC1)c1ccc(-c2cn[nH]c2)cc1. The molecule has 1 aromatic heterocycles. The van der Waals surface area contributed by atoms with Gasteiger partial charge in [-0.3, -0.25) is 9.89 Å². The number of nitrogens with zero attached hydrogens (tertiary/aromatic N) is 3. The van der Waals surface area contributed by atoms with Crippen LogP contribution in [0.3, 0.4) is 0 Å². The number of hydrogen-bond donors (Lipinski definition) is 1. The molecule has 32 heavy (non-hydrogen) atoms. The van der Waals surface area contributed by atoms with Gasteiger partial charge in [-0.1, -0.05) is 24.3 Å². The topological polar surface area (TPSA) is 61.5 Å². The van der Waals surface area contributed by atoms with Crippen LogP contribution in [-0.4, -0.2) is 47.2 Å². The molecule has 2 aromatic carbocycles. The smallest absolute Gasteiger partial charge is 0.210 e. The van der Waals surface area contributed by atoms with Gasteiger partial charge in [0, 0.05) is 37.6 Å². The van der Waals surface area contributed by atoms with Gasteiger partial charge in [0.2, 0.25) is 6.41 Å². The normalized spacial score (nSPS) is 16.4. The van der Waals surface area contributed by atoms with Crippen LogP contribution in [-0.2, 0) is 11.3 Å². The van der Waals surface area contributed by atoms with Crippen LogP contribution in [0, 0.1) is 5.92 Å². The molecule has 166 valence electrons. The Balaban J connectivity index is 1.23. The third kappa shape index (κ3) is 4.64. The Morgan fingerprint density at radius 3 is 2.62 bits per heavy atom. The molecule has 0 bridgehead atoms. The fraction of sp³-hybridized carbons (Fsp3) is 0.385. The van der Waals surface area contributed by atoms with E-state index in [2.05, 4.69) is 58.5 Å². The summed E-state index contributed by atoms with van der Waals surface area (Å²) in [6, 6.07) is 16.7. The van der Waals surface area contributed by atoms with Crippen molar-refractivity contribution in [2.24, 2.45) is 5.92 Å². The molecule has 0 saturated heterocycles. The van der Waals surface area contributed by atoms with E-state index in [9.17, 15) is 4.79 Å². The van der Waals surface area contributed by atoms with Crippen LogP contribution in [0.25, 0.3) is 11.1 Å². The summed E-state index contributed by atoms with van der Waals surface area (Å²) in [5.41, 5.74) is 4.36. The van der Waals surface area contributed by atoms with Crippen LogP contribution in [0.2, 0.25) is 0 Å². The van der Waals surface area contributed by atoms with Gasteiger partial charge >= 0.3 is 0 Å². The van der Waals surface area contributed by atoms with Crippen LogP contribution in [0.4, 0.5) is 5.69 Å². The minimum atomic E-state index is -0.107. The first-order chi connectivity index (χ1) is 15.6. The fourth-order valence-corrected chi connectivity index (χ4v) is 4.28. The van der Waals surface area contributed by atoms with Crippen molar-refractivity contribution in [1.82, 2.24) is 15.1 Å². The molecule has 0 spiro atoms. The molecule has 0 radical (unpaired) electrons. The maximum Gasteiger partial charge on any atom is 0.210 e. The van der Waals surface area contributed by atoms with E-state index >= 15 is 0 Å². The maximum absolute atomic E-state index is 12.1. The summed E-state index contributed by atoms with van der Waals surface area (Å²) < 4.78 is 5.92. The Morgan fingerprint density at radius 1 is 1.16 bits per heavy atom. The van der Waals surface area contributed by atoms with Crippen molar-refractivity contribution < 1.29 is 9.53 Å². The Bertz CT molecular complexity index is 1040. The number of likely N-dealkylation sites (N-methyl/N-ethyl adjacent to an activating group) is 1. The van der Waals surface area contributed by atoms with Gasteiger partial charge in [0.25, 0.3) is 0 Å². The van der Waals surface area contributed by atoms with E-state index in [-0.39, 0.29) is 5.54 Å². The van der Waals surface area contributed by atoms with Gasteiger partial charge in [-0.25, -0.2) is 0 Å². The molecule has 0 unspecified atom stereocenters. The summed E-state index contributed by atoms with van der Waals surface area (Å²) in [5, 5.41) is 6.88. The number of carbonyl (C=O) groups is 1. The second kappa shape index (κ2) is 8.69. The summed E-state index contributed by atoms with van der Waals surface area (Å²) in [6.45, 7) is 2.22. The van der Waals surface area contributed by atoms with Gasteiger partial charge in [-0.2, -0.15) is 5.10 Å². The number of anilines is 1. The lowest BCUT2D eigenvalue weighted by molar-refractivity contribution is -0.121. The van der Waals surface area contributed by atoms with Crippen molar-refractivity contribution in [3.63, 3.8) is 0 Å². The Kier molecular flexibility index (Phi) is 5.60. The number of aromatic amines is 1. The third-order valence-electron chi connectivity index (χ3n) is 6.67. The van der Waals surface area contributed by atoms with Crippen molar-refractivity contribution in [2.75, 3.05) is 25.1 Å². The summed E-state index contributed by atoms with van der Waals surface area (Å²) in [4.78, 5) is 16.3. The highest BCUT2D eigenvalue weighted by molar-refractivity contribution is 5.65. The number of rotatable bonds is 11. The minimum Gasteiger partial charge on any atom is -0.493 e. The number of nitrogens with one attached hydrogen (secondary N) is 1. The zero-order chi connectivity index (χ0) is 22.0. The number of carbonyl (C=O) groups excluding carboxylic acids is 1. The first kappa shape index (κ1) is 20.6. The maximum atomic E-state index is 12.1. The van der Waals surface area contributed by atoms with Gasteiger partial charge < -0.3 is 14.5 Å². The summed E-state index contributed by atoms with van der Waals surface area (Å²) in [5.74, 6) is 1.63. The third-order valence-corrected chi connectivity index (χ3v) is 6.67. The van der Waals surface area contributed by atoms with Crippen LogP contribution in [0.1, 0.15) is 31.2 Å². The van der Waals surface area contributed by atoms with E-state index in [1.165, 1.54) is 12.8 Å². The zero-order valence-electron chi connectivity index (χ0n) is 18.5. The van der Waals surface area contributed by atoms with Crippen molar-refractivity contribution >= 4 is 12.1 Å². The molecule has 6 heteroatoms. The van der Waals surface area contributed by atoms with Crippen molar-refractivity contribution in [3.05, 3.63) is 66.5 Å². The monoisotopic (exact) mass is 430 g/mol. The Labute approximate surface area is 189 Å². The fourth-order valence-electron chi connectivity index (χ4n) is 4.28. The summed E-state index contributed by atoms with van der Waals surface area (Å²) >= 11 is 0. The molecule has 5 rings (SSSR count). The number of H-pyrrole nitrogens is 1. The summed E-state index contributed by atoms with van der Waals surface area (Å²) in [6.07, 6.45) is 9.35. The first-order valence-corrected chi connectivity index (χ1v) is 11.4. The number of benzene rings is 2. The van der Waals surface area contributed by atoms with Crippen LogP contribution >= 0.6 is 0 Å². The highest BCUT2D eigenvalue weighted by Crippen LogP contribution is 2.43. The van der Waals surface area contributed by atoms with E-state index in [0.717, 1.165) is 66.4 Å². The van der Waals surface area contributed by atoms with Crippen LogP contribution in [0.15, 0.2) is 60.9 Å². The predicted octanol–water partition coefficient (Wildman–Crippen LogP) is 4.49. The molecular weight excluding hydrogens is 400 g/mol. The van der Waals surface area contributed by atoms with E-state index < -0.39 is 0 Å². The number of ether oxygens (including phenoxy) is 1. The van der Waals surface area contributed by atoms with Crippen molar-refractivity contribution in [1.29, 1.82) is 0 Å². The van der Waals surface area contributed by atoms with Crippen molar-refractivity contribution in [2.45, 2.75) is 37.8 Å². The van der Waals surface area contributed by atoms with Gasteiger partial charge in [0.1, 0.15) is 5.75 Å². The minimum absolute atomic E-state index is 0.107. The molecule has 2 fully saturated rings. The van der Waals surface area contributed by atoms with Gasteiger partial charge in [0.15, 0.2) is 0 Å². The first-order valence-electron chi connectivity index (χ1n) is 11.4. The molecule has 2 aliphatic rings. The Hall–Kier alpha value is -3.28. The molecule has 1 amide bonds. The number of aromatic nitrogens is 2. The van der Waals surface area contributed by atoms with E-state index in [4.69, 9.17) is 4.74 Å². The molecule has 0 aliphatic heterocycles. The lowest BCUT2D eigenvalue weighted by atomic mass is 10.1. The van der Waals surface area contributed by atoms with E-state index in [1.54, 1.807) is 0 Å². The highest BCUT2D eigenvalue weighted by atomic mass is 16.5. The van der Waals surface area contributed by atoms with Gasteiger partial charge in [-0.15, -0.1) is 0 Å². The molecule has 1 N–H and O–H groups in total. The summed E-state index contributed by atoms with van der Waals surface area (Å²) in [7, 11) is 2.10. The predicted molar refractivity (Wildman–Crippen MR) is 126 cm³/mol. The van der Waals surface area contributed by atoms with E-state index in [0.29, 0.717) is 6.54 Å². The number of hydrogen-bond acceptors (Lipinski definition) is 4. The van der Waals surface area contributed by atoms with Crippen molar-refractivity contribution in [3.8, 4) is 16.9 Å². The molecule has 2 aliphatic carbocycles. The average molecular weight is 431 g/mol. The zero-order valence-corrected chi connectivity index (χ0v) is 18.5. The lowest BCUT2D eigenvalue weighted by Gasteiger charge is -2.33. The molecular formula is C26H30N4O2. The standard InChI is InChI=1S/C26H30N4O2/c1-29(24-9-7-22(8-10-24)23-14-27-28-15-23)18-26(11-12-26)30(19-31)16-21-3-2-4-25(13-21)32-17-20-5-6-20/h2-4,7-10,13-15,19-20H,5-6,11-12,16-18H2,1H3,(H,27,28). The molecule has 1 heterocycles. The van der Waals surface area contributed by atoms with Gasteiger partial charge in [-0.05, 0) is 67.0 Å². The largest absolute Gasteiger partial charge is 0.493 e. The highest BCUT2D eigenvalue weighted by Gasteiger charge is 2.48. The molecule has 0 atom stereocenters. The van der Waals surface area contributed by atoms with Crippen LogP contribution in [0.5, 0.6) is 5.75 Å². The molecule has 6 nitrogen and oxygen atoms in total. The average Bonchev–Trinajstić information content (AvgIpc) is 3.75. The second-order valence-corrected chi connectivity index (χ2v) is 9.25. The lowest BCUT2D eigenvalue weighted by Crippen LogP contribution is -2.44. The molecule has 2 saturated carbocycles. The quantitative estimate of drug-likeness (QED) is 0.455. The van der Waals surface area contributed by atoms with Gasteiger partial charge in [0.05, 0.1) is 18.3 Å². The molecule has 3 aromatic rings. The number of amides is 1. The Morgan fingerprint density at radius 2 is 1.97 bits per heavy atom. The van der Waals surface area contributed by atoms with Crippen LogP contribution < -0.4 is 9.64 Å².